The first kappa shape index (κ1) is 30.2. The highest BCUT2D eigenvalue weighted by molar-refractivity contribution is 7.91. The van der Waals surface area contributed by atoms with Crippen molar-refractivity contribution >= 4 is 44.9 Å². The van der Waals surface area contributed by atoms with Crippen molar-refractivity contribution in [1.82, 2.24) is 10.3 Å². The van der Waals surface area contributed by atoms with E-state index in [2.05, 4.69) is 10.3 Å². The van der Waals surface area contributed by atoms with Crippen LogP contribution in [0.2, 0.25) is 5.02 Å². The molecule has 1 N–H and O–H groups in total. The highest BCUT2D eigenvalue weighted by atomic mass is 35.5. The molecule has 2 aromatic carbocycles. The summed E-state index contributed by atoms with van der Waals surface area (Å²) in [6.07, 6.45) is 1.43. The van der Waals surface area contributed by atoms with Gasteiger partial charge < -0.3 is 15.0 Å². The first-order valence-electron chi connectivity index (χ1n) is 13.1. The average molecular weight is 598 g/mol. The van der Waals surface area contributed by atoms with E-state index in [1.54, 1.807) is 51.2 Å². The fraction of sp³-hybridized carbons (Fsp3) is 0.333. The summed E-state index contributed by atoms with van der Waals surface area (Å²) in [6.45, 7) is 6.85. The van der Waals surface area contributed by atoms with Crippen LogP contribution in [0.4, 0.5) is 10.5 Å². The van der Waals surface area contributed by atoms with Gasteiger partial charge in [0, 0.05) is 28.9 Å². The number of carbonyl (C=O) groups is 3. The molecule has 1 aromatic heterocycles. The average Bonchev–Trinajstić information content (AvgIpc) is 2.96. The van der Waals surface area contributed by atoms with Crippen molar-refractivity contribution in [3.63, 3.8) is 0 Å². The number of hydrogen-bond donors (Lipinski definition) is 1. The molecule has 0 fully saturated rings. The molecule has 9 nitrogen and oxygen atoms in total. The van der Waals surface area contributed by atoms with Crippen LogP contribution in [0, 0.1) is 6.92 Å². The lowest BCUT2D eigenvalue weighted by Gasteiger charge is -2.27. The second-order valence-corrected chi connectivity index (χ2v) is 13.4. The maximum atomic E-state index is 13.9. The quantitative estimate of drug-likeness (QED) is 0.377. The number of aromatic nitrogens is 1. The number of anilines is 1. The first-order chi connectivity index (χ1) is 19.2. The predicted octanol–water partition coefficient (Wildman–Crippen LogP) is 5.07. The van der Waals surface area contributed by atoms with Crippen LogP contribution in [0.25, 0.3) is 0 Å². The Bertz CT molecular complexity index is 1570. The maximum Gasteiger partial charge on any atom is 0.408 e. The largest absolute Gasteiger partial charge is 0.444 e. The molecule has 41 heavy (non-hydrogen) atoms. The molecule has 1 aliphatic rings. The van der Waals surface area contributed by atoms with E-state index in [0.29, 0.717) is 17.0 Å². The standard InChI is InChI=1S/C30H32ClN3O6S/c1-19-5-6-20(16-32-19)9-13-26(35)22-10-14-27-25(15-22)34(17-21-7-11-23(31)12-8-21)28(36)24(18-41(27,38)39)33-29(37)40-30(2,3)4/h5-8,10-12,14-16,24H,9,13,17-18H2,1-4H3,(H,33,37)/t24-/m0/s1. The lowest BCUT2D eigenvalue weighted by atomic mass is 10.0. The Kier molecular flexibility index (Phi) is 8.84. The zero-order valence-corrected chi connectivity index (χ0v) is 24.9. The summed E-state index contributed by atoms with van der Waals surface area (Å²) in [5.41, 5.74) is 1.93. The van der Waals surface area contributed by atoms with Gasteiger partial charge in [-0.15, -0.1) is 0 Å². The van der Waals surface area contributed by atoms with Crippen molar-refractivity contribution in [2.45, 2.75) is 63.6 Å². The summed E-state index contributed by atoms with van der Waals surface area (Å²) >= 11 is 6.04. The summed E-state index contributed by atoms with van der Waals surface area (Å²) in [4.78, 5) is 45.0. The van der Waals surface area contributed by atoms with Gasteiger partial charge in [-0.2, -0.15) is 0 Å². The lowest BCUT2D eigenvalue weighted by molar-refractivity contribution is -0.120. The third kappa shape index (κ3) is 7.71. The third-order valence-electron chi connectivity index (χ3n) is 6.42. The van der Waals surface area contributed by atoms with Gasteiger partial charge in [0.15, 0.2) is 15.6 Å². The second kappa shape index (κ2) is 12.0. The molecule has 2 amide bonds. The SMILES string of the molecule is Cc1ccc(CCC(=O)c2ccc3c(c2)N(Cc2ccc(Cl)cc2)C(=O)[C@@H](NC(=O)OC(C)(C)C)CS3(=O)=O)cn1. The van der Waals surface area contributed by atoms with E-state index < -0.39 is 39.2 Å². The number of pyridine rings is 1. The Balaban J connectivity index is 1.70. The number of ketones is 1. The van der Waals surface area contributed by atoms with Gasteiger partial charge in [0.05, 0.1) is 22.9 Å². The van der Waals surface area contributed by atoms with Gasteiger partial charge in [-0.25, -0.2) is 13.2 Å². The van der Waals surface area contributed by atoms with Gasteiger partial charge >= 0.3 is 6.09 Å². The first-order valence-corrected chi connectivity index (χ1v) is 15.1. The number of nitrogens with zero attached hydrogens (tertiary/aromatic N) is 2. The van der Waals surface area contributed by atoms with Crippen molar-refractivity contribution in [1.29, 1.82) is 0 Å². The fourth-order valence-corrected chi connectivity index (χ4v) is 6.12. The molecule has 4 rings (SSSR count). The number of ether oxygens (including phenoxy) is 1. The van der Waals surface area contributed by atoms with Gasteiger partial charge in [0.25, 0.3) is 5.91 Å². The lowest BCUT2D eigenvalue weighted by Crippen LogP contribution is -2.51. The van der Waals surface area contributed by atoms with Gasteiger partial charge in [0.2, 0.25) is 0 Å². The number of halogens is 1. The van der Waals surface area contributed by atoms with Gasteiger partial charge in [0.1, 0.15) is 11.6 Å². The number of sulfone groups is 1. The monoisotopic (exact) mass is 597 g/mol. The van der Waals surface area contributed by atoms with Crippen molar-refractivity contribution < 1.29 is 27.5 Å². The third-order valence-corrected chi connectivity index (χ3v) is 8.45. The molecule has 1 aliphatic heterocycles. The van der Waals surface area contributed by atoms with E-state index in [-0.39, 0.29) is 34.9 Å². The van der Waals surface area contributed by atoms with Gasteiger partial charge in [-0.05, 0) is 81.6 Å². The van der Waals surface area contributed by atoms with Crippen molar-refractivity contribution in [3.05, 3.63) is 88.2 Å². The van der Waals surface area contributed by atoms with E-state index in [1.165, 1.54) is 23.1 Å². The molecule has 0 radical (unpaired) electrons. The Morgan fingerprint density at radius 2 is 1.76 bits per heavy atom. The normalized spacial score (nSPS) is 16.5. The minimum absolute atomic E-state index is 0.0162. The van der Waals surface area contributed by atoms with E-state index in [4.69, 9.17) is 16.3 Å². The zero-order chi connectivity index (χ0) is 29.9. The number of benzene rings is 2. The Hall–Kier alpha value is -3.76. The predicted molar refractivity (Wildman–Crippen MR) is 156 cm³/mol. The summed E-state index contributed by atoms with van der Waals surface area (Å²) in [5, 5.41) is 2.93. The molecule has 2 heterocycles. The summed E-state index contributed by atoms with van der Waals surface area (Å²) < 4.78 is 32.3. The Morgan fingerprint density at radius 3 is 2.39 bits per heavy atom. The molecule has 0 unspecified atom stereocenters. The zero-order valence-electron chi connectivity index (χ0n) is 23.3. The number of alkyl carbamates (subject to hydrolysis) is 1. The maximum absolute atomic E-state index is 13.9. The van der Waals surface area contributed by atoms with Crippen LogP contribution >= 0.6 is 11.6 Å². The number of fused-ring (bicyclic) bond motifs is 1. The molecule has 0 saturated heterocycles. The van der Waals surface area contributed by atoms with E-state index in [0.717, 1.165) is 11.3 Å². The van der Waals surface area contributed by atoms with E-state index in [9.17, 15) is 22.8 Å². The minimum atomic E-state index is -4.06. The van der Waals surface area contributed by atoms with Crippen LogP contribution in [0.1, 0.15) is 54.4 Å². The highest BCUT2D eigenvalue weighted by Gasteiger charge is 2.39. The van der Waals surface area contributed by atoms with Crippen molar-refractivity contribution in [2.75, 3.05) is 10.7 Å². The Morgan fingerprint density at radius 1 is 1.07 bits per heavy atom. The molecular formula is C30H32ClN3O6S. The number of hydrogen-bond acceptors (Lipinski definition) is 7. The molecule has 11 heteroatoms. The summed E-state index contributed by atoms with van der Waals surface area (Å²) in [6, 6.07) is 13.4. The van der Waals surface area contributed by atoms with E-state index in [1.807, 2.05) is 19.1 Å². The Labute approximate surface area is 244 Å². The smallest absolute Gasteiger partial charge is 0.408 e. The highest BCUT2D eigenvalue weighted by Crippen LogP contribution is 2.33. The van der Waals surface area contributed by atoms with Crippen molar-refractivity contribution in [2.24, 2.45) is 0 Å². The molecule has 0 bridgehead atoms. The van der Waals surface area contributed by atoms with Crippen LogP contribution in [0.15, 0.2) is 65.7 Å². The number of amides is 2. The van der Waals surface area contributed by atoms with Gasteiger partial charge in [-0.3, -0.25) is 14.6 Å². The van der Waals surface area contributed by atoms with Crippen LogP contribution in [0.3, 0.4) is 0 Å². The number of aryl methyl sites for hydroxylation is 2. The topological polar surface area (TPSA) is 123 Å². The fourth-order valence-electron chi connectivity index (χ4n) is 4.39. The molecule has 216 valence electrons. The van der Waals surface area contributed by atoms with Crippen LogP contribution < -0.4 is 10.2 Å². The van der Waals surface area contributed by atoms with Crippen LogP contribution in [-0.2, 0) is 32.3 Å². The molecular weight excluding hydrogens is 566 g/mol. The van der Waals surface area contributed by atoms with E-state index >= 15 is 0 Å². The number of Topliss-reactive ketones (excluding diaryl/α,β-unsaturated/α-hetero) is 1. The van der Waals surface area contributed by atoms with Gasteiger partial charge in [-0.1, -0.05) is 29.8 Å². The second-order valence-electron chi connectivity index (χ2n) is 10.9. The molecule has 1 atom stereocenters. The number of carbonyl (C=O) groups excluding carboxylic acids is 3. The summed E-state index contributed by atoms with van der Waals surface area (Å²) in [7, 11) is -4.06. The number of rotatable bonds is 7. The molecule has 0 spiro atoms. The van der Waals surface area contributed by atoms with Crippen LogP contribution in [-0.4, -0.2) is 48.6 Å². The number of nitrogens with one attached hydrogen (secondary N) is 1. The molecule has 0 saturated carbocycles. The molecule has 0 aliphatic carbocycles. The van der Waals surface area contributed by atoms with Crippen molar-refractivity contribution in [3.8, 4) is 0 Å². The minimum Gasteiger partial charge on any atom is -0.444 e. The molecule has 3 aromatic rings. The van der Waals surface area contributed by atoms with Crippen LogP contribution in [0.5, 0.6) is 0 Å². The summed E-state index contributed by atoms with van der Waals surface area (Å²) in [5.74, 6) is -1.52.